The number of benzene rings is 1. The van der Waals surface area contributed by atoms with Crippen LogP contribution < -0.4 is 5.73 Å². The van der Waals surface area contributed by atoms with Crippen molar-refractivity contribution in [3.05, 3.63) is 47.5 Å². The SMILES string of the molecule is CCCCCCN.O=C1C=CC(=O)c2ccccc21. The number of rotatable bonds is 4. The Morgan fingerprint density at radius 1 is 0.895 bits per heavy atom. The van der Waals surface area contributed by atoms with Crippen LogP contribution in [0.15, 0.2) is 36.4 Å². The van der Waals surface area contributed by atoms with Crippen molar-refractivity contribution in [2.75, 3.05) is 6.54 Å². The van der Waals surface area contributed by atoms with Gasteiger partial charge in [0.25, 0.3) is 0 Å². The third kappa shape index (κ3) is 4.79. The Bertz CT molecular complexity index is 423. The van der Waals surface area contributed by atoms with Gasteiger partial charge in [-0.3, -0.25) is 9.59 Å². The monoisotopic (exact) mass is 259 g/mol. The summed E-state index contributed by atoms with van der Waals surface area (Å²) in [6, 6.07) is 6.84. The molecule has 0 saturated heterocycles. The van der Waals surface area contributed by atoms with Crippen molar-refractivity contribution in [3.8, 4) is 0 Å². The standard InChI is InChI=1S/C10H6O2.C6H15N/c11-9-5-6-10(12)8-4-2-1-3-7(8)9;1-2-3-4-5-6-7/h1-6H;2-7H2,1H3. The summed E-state index contributed by atoms with van der Waals surface area (Å²) in [7, 11) is 0. The summed E-state index contributed by atoms with van der Waals surface area (Å²) in [4.78, 5) is 22.4. The lowest BCUT2D eigenvalue weighted by molar-refractivity contribution is 0.0994. The minimum absolute atomic E-state index is 0.0924. The highest BCUT2D eigenvalue weighted by atomic mass is 16.1. The van der Waals surface area contributed by atoms with Crippen LogP contribution in [0.4, 0.5) is 0 Å². The molecule has 2 rings (SSSR count). The van der Waals surface area contributed by atoms with Gasteiger partial charge in [-0.2, -0.15) is 0 Å². The number of hydrogen-bond donors (Lipinski definition) is 1. The van der Waals surface area contributed by atoms with Crippen LogP contribution in [0.2, 0.25) is 0 Å². The fourth-order valence-electron chi connectivity index (χ4n) is 1.81. The molecule has 0 aromatic heterocycles. The van der Waals surface area contributed by atoms with Crippen LogP contribution in [0, 0.1) is 0 Å². The maximum Gasteiger partial charge on any atom is 0.186 e. The van der Waals surface area contributed by atoms with E-state index in [2.05, 4.69) is 6.92 Å². The minimum atomic E-state index is -0.0924. The molecule has 3 heteroatoms. The minimum Gasteiger partial charge on any atom is -0.330 e. The van der Waals surface area contributed by atoms with E-state index in [4.69, 9.17) is 5.73 Å². The van der Waals surface area contributed by atoms with Crippen molar-refractivity contribution in [1.82, 2.24) is 0 Å². The summed E-state index contributed by atoms with van der Waals surface area (Å²) >= 11 is 0. The predicted octanol–water partition coefficient (Wildman–Crippen LogP) is 3.15. The van der Waals surface area contributed by atoms with E-state index < -0.39 is 0 Å². The molecule has 102 valence electrons. The van der Waals surface area contributed by atoms with E-state index in [0.717, 1.165) is 6.54 Å². The number of unbranched alkanes of at least 4 members (excludes halogenated alkanes) is 3. The molecule has 0 bridgehead atoms. The van der Waals surface area contributed by atoms with Crippen molar-refractivity contribution in [1.29, 1.82) is 0 Å². The Morgan fingerprint density at radius 2 is 1.42 bits per heavy atom. The van der Waals surface area contributed by atoms with E-state index in [1.54, 1.807) is 24.3 Å². The van der Waals surface area contributed by atoms with Crippen LogP contribution in [-0.2, 0) is 0 Å². The third-order valence-electron chi connectivity index (χ3n) is 2.90. The zero-order chi connectivity index (χ0) is 14.1. The summed E-state index contributed by atoms with van der Waals surface area (Å²) in [5, 5.41) is 0. The lowest BCUT2D eigenvalue weighted by atomic mass is 9.95. The highest BCUT2D eigenvalue weighted by Crippen LogP contribution is 2.15. The van der Waals surface area contributed by atoms with Gasteiger partial charge in [-0.25, -0.2) is 0 Å². The number of hydrogen-bond acceptors (Lipinski definition) is 3. The quantitative estimate of drug-likeness (QED) is 0.845. The maximum absolute atomic E-state index is 11.2. The molecular weight excluding hydrogens is 238 g/mol. The van der Waals surface area contributed by atoms with Crippen LogP contribution in [0.25, 0.3) is 0 Å². The number of fused-ring (bicyclic) bond motifs is 1. The zero-order valence-electron chi connectivity index (χ0n) is 11.4. The largest absolute Gasteiger partial charge is 0.330 e. The van der Waals surface area contributed by atoms with Gasteiger partial charge in [-0.05, 0) is 25.1 Å². The molecule has 2 N–H and O–H groups in total. The Morgan fingerprint density at radius 3 is 1.84 bits per heavy atom. The van der Waals surface area contributed by atoms with Crippen molar-refractivity contribution in [2.45, 2.75) is 32.6 Å². The molecule has 0 aliphatic heterocycles. The summed E-state index contributed by atoms with van der Waals surface area (Å²) in [6.45, 7) is 3.07. The van der Waals surface area contributed by atoms with Gasteiger partial charge in [0.1, 0.15) is 0 Å². The van der Waals surface area contributed by atoms with Gasteiger partial charge in [0.15, 0.2) is 11.6 Å². The highest BCUT2D eigenvalue weighted by molar-refractivity contribution is 6.21. The van der Waals surface area contributed by atoms with Gasteiger partial charge < -0.3 is 5.73 Å². The lowest BCUT2D eigenvalue weighted by Crippen LogP contribution is -2.10. The average molecular weight is 259 g/mol. The number of carbonyl (C=O) groups is 2. The normalized spacial score (nSPS) is 12.7. The van der Waals surface area contributed by atoms with Crippen LogP contribution in [0.3, 0.4) is 0 Å². The van der Waals surface area contributed by atoms with Crippen LogP contribution in [-0.4, -0.2) is 18.1 Å². The smallest absolute Gasteiger partial charge is 0.186 e. The number of allylic oxidation sites excluding steroid dienone is 2. The van der Waals surface area contributed by atoms with Gasteiger partial charge in [0.05, 0.1) is 0 Å². The van der Waals surface area contributed by atoms with E-state index in [9.17, 15) is 9.59 Å². The topological polar surface area (TPSA) is 60.2 Å². The van der Waals surface area contributed by atoms with Crippen molar-refractivity contribution >= 4 is 11.6 Å². The van der Waals surface area contributed by atoms with E-state index in [-0.39, 0.29) is 11.6 Å². The summed E-state index contributed by atoms with van der Waals surface area (Å²) < 4.78 is 0. The molecule has 0 atom stereocenters. The van der Waals surface area contributed by atoms with Crippen LogP contribution in [0.5, 0.6) is 0 Å². The number of ketones is 2. The van der Waals surface area contributed by atoms with Crippen LogP contribution in [0.1, 0.15) is 53.3 Å². The third-order valence-corrected chi connectivity index (χ3v) is 2.90. The zero-order valence-corrected chi connectivity index (χ0v) is 11.4. The molecule has 1 aromatic rings. The van der Waals surface area contributed by atoms with Gasteiger partial charge in [-0.15, -0.1) is 0 Å². The van der Waals surface area contributed by atoms with Crippen molar-refractivity contribution < 1.29 is 9.59 Å². The molecule has 0 unspecified atom stereocenters. The maximum atomic E-state index is 11.2. The first-order valence-corrected chi connectivity index (χ1v) is 6.76. The van der Waals surface area contributed by atoms with Crippen LogP contribution >= 0.6 is 0 Å². The summed E-state index contributed by atoms with van der Waals surface area (Å²) in [5.41, 5.74) is 6.28. The average Bonchev–Trinajstić information content (AvgIpc) is 2.45. The van der Waals surface area contributed by atoms with Crippen molar-refractivity contribution in [3.63, 3.8) is 0 Å². The van der Waals surface area contributed by atoms with E-state index in [0.29, 0.717) is 11.1 Å². The summed E-state index contributed by atoms with van der Waals surface area (Å²) in [6.07, 6.45) is 7.79. The molecule has 1 aliphatic carbocycles. The second kappa shape index (κ2) is 8.38. The fourth-order valence-corrected chi connectivity index (χ4v) is 1.81. The Kier molecular flexibility index (Phi) is 6.75. The first kappa shape index (κ1) is 15.3. The molecule has 0 heterocycles. The van der Waals surface area contributed by atoms with E-state index in [1.807, 2.05) is 0 Å². The molecule has 0 amide bonds. The predicted molar refractivity (Wildman–Crippen MR) is 77.4 cm³/mol. The second-order valence-electron chi connectivity index (χ2n) is 4.46. The lowest BCUT2D eigenvalue weighted by Gasteiger charge is -2.06. The van der Waals surface area contributed by atoms with Gasteiger partial charge in [-0.1, -0.05) is 50.5 Å². The van der Waals surface area contributed by atoms with Gasteiger partial charge >= 0.3 is 0 Å². The Labute approximate surface area is 114 Å². The highest BCUT2D eigenvalue weighted by Gasteiger charge is 2.16. The number of carbonyl (C=O) groups excluding carboxylic acids is 2. The molecular formula is C16H21NO2. The second-order valence-corrected chi connectivity index (χ2v) is 4.46. The molecule has 0 spiro atoms. The van der Waals surface area contributed by atoms with Gasteiger partial charge in [0.2, 0.25) is 0 Å². The molecule has 3 nitrogen and oxygen atoms in total. The Balaban J connectivity index is 0.000000224. The molecule has 1 aliphatic rings. The first-order valence-electron chi connectivity index (χ1n) is 6.76. The fraction of sp³-hybridized carbons (Fsp3) is 0.375. The first-order chi connectivity index (χ1) is 9.20. The van der Waals surface area contributed by atoms with E-state index in [1.165, 1.54) is 37.8 Å². The molecule has 0 saturated carbocycles. The Hall–Kier alpha value is -1.74. The van der Waals surface area contributed by atoms with E-state index >= 15 is 0 Å². The molecule has 1 aromatic carbocycles. The van der Waals surface area contributed by atoms with Crippen molar-refractivity contribution in [2.24, 2.45) is 5.73 Å². The number of nitrogens with two attached hydrogens (primary N) is 1. The molecule has 0 fully saturated rings. The summed E-state index contributed by atoms with van der Waals surface area (Å²) in [5.74, 6) is -0.185. The molecule has 19 heavy (non-hydrogen) atoms. The molecule has 0 radical (unpaired) electrons. The van der Waals surface area contributed by atoms with Gasteiger partial charge in [0, 0.05) is 11.1 Å².